The topological polar surface area (TPSA) is 85.7 Å². The molecule has 0 aromatic heterocycles. The maximum absolute atomic E-state index is 8.59. The van der Waals surface area contributed by atoms with Gasteiger partial charge in [0.1, 0.15) is 17.5 Å². The summed E-state index contributed by atoms with van der Waals surface area (Å²) in [7, 11) is 0. The third kappa shape index (κ3) is 2.79. The molecule has 0 heterocycles. The molecule has 4 nitrogen and oxygen atoms in total. The molecule has 1 aliphatic rings. The van der Waals surface area contributed by atoms with Crippen LogP contribution in [0.25, 0.3) is 0 Å². The summed E-state index contributed by atoms with van der Waals surface area (Å²) in [6, 6.07) is 2.34. The van der Waals surface area contributed by atoms with Crippen LogP contribution in [0.5, 0.6) is 0 Å². The summed E-state index contributed by atoms with van der Waals surface area (Å²) in [5.41, 5.74) is 5.40. The molecule has 1 rings (SSSR count). The summed E-state index contributed by atoms with van der Waals surface area (Å²) in [5, 5.41) is 18.8. The van der Waals surface area contributed by atoms with Gasteiger partial charge >= 0.3 is 0 Å². The van der Waals surface area contributed by atoms with E-state index in [4.69, 9.17) is 16.4 Å². The number of amidine groups is 1. The van der Waals surface area contributed by atoms with E-state index in [2.05, 4.69) is 5.32 Å². The number of nitrogens with two attached hydrogens (primary N) is 1. The fraction of sp³-hybridized carbons (Fsp3) is 0.556. The van der Waals surface area contributed by atoms with Gasteiger partial charge in [0.05, 0.1) is 0 Å². The van der Waals surface area contributed by atoms with Gasteiger partial charge in [-0.25, -0.2) is 0 Å². The van der Waals surface area contributed by atoms with Crippen LogP contribution >= 0.6 is 0 Å². The van der Waals surface area contributed by atoms with Crippen molar-refractivity contribution in [2.24, 2.45) is 5.73 Å². The van der Waals surface area contributed by atoms with E-state index in [-0.39, 0.29) is 11.4 Å². The zero-order chi connectivity index (χ0) is 9.68. The third-order valence-electron chi connectivity index (χ3n) is 2.23. The highest BCUT2D eigenvalue weighted by molar-refractivity contribution is 5.97. The Morgan fingerprint density at radius 1 is 1.54 bits per heavy atom. The third-order valence-corrected chi connectivity index (χ3v) is 2.23. The van der Waals surface area contributed by atoms with Crippen molar-refractivity contribution in [3.8, 4) is 6.07 Å². The van der Waals surface area contributed by atoms with Crippen LogP contribution in [0.2, 0.25) is 0 Å². The van der Waals surface area contributed by atoms with Crippen LogP contribution in [-0.4, -0.2) is 11.9 Å². The molecule has 0 aliphatic heterocycles. The van der Waals surface area contributed by atoms with Crippen LogP contribution in [0, 0.1) is 16.7 Å². The molecule has 0 atom stereocenters. The Bertz CT molecular complexity index is 255. The Hall–Kier alpha value is -1.50. The first-order chi connectivity index (χ1) is 6.24. The first kappa shape index (κ1) is 9.59. The second-order valence-corrected chi connectivity index (χ2v) is 3.23. The molecule has 0 radical (unpaired) electrons. The molecule has 70 valence electrons. The standard InChI is InChI=1S/C9H14N4/c10-5-7(9(11)12)6-13-8-3-1-2-4-8/h6,8,13H,1-4H2,(H3,11,12)/b7-6-. The van der Waals surface area contributed by atoms with Gasteiger partial charge in [-0.1, -0.05) is 12.8 Å². The van der Waals surface area contributed by atoms with E-state index < -0.39 is 0 Å². The molecule has 4 heteroatoms. The maximum Gasteiger partial charge on any atom is 0.135 e. The zero-order valence-corrected chi connectivity index (χ0v) is 7.51. The first-order valence-corrected chi connectivity index (χ1v) is 4.44. The van der Waals surface area contributed by atoms with Gasteiger partial charge in [-0.05, 0) is 12.8 Å². The lowest BCUT2D eigenvalue weighted by atomic mass is 10.2. The molecule has 0 bridgehead atoms. The summed E-state index contributed by atoms with van der Waals surface area (Å²) in [6.07, 6.45) is 6.33. The monoisotopic (exact) mass is 178 g/mol. The Morgan fingerprint density at radius 2 is 2.15 bits per heavy atom. The summed E-state index contributed by atoms with van der Waals surface area (Å²) in [6.45, 7) is 0. The van der Waals surface area contributed by atoms with Gasteiger partial charge in [0, 0.05) is 12.2 Å². The van der Waals surface area contributed by atoms with Crippen molar-refractivity contribution in [1.82, 2.24) is 5.32 Å². The van der Waals surface area contributed by atoms with E-state index in [1.165, 1.54) is 12.8 Å². The number of rotatable bonds is 3. The Kier molecular flexibility index (Phi) is 3.32. The fourth-order valence-electron chi connectivity index (χ4n) is 1.46. The largest absolute Gasteiger partial charge is 0.387 e. The van der Waals surface area contributed by atoms with Crippen LogP contribution in [0.15, 0.2) is 11.8 Å². The minimum atomic E-state index is -0.173. The van der Waals surface area contributed by atoms with Crippen molar-refractivity contribution in [2.45, 2.75) is 31.7 Å². The van der Waals surface area contributed by atoms with Gasteiger partial charge in [0.25, 0.3) is 0 Å². The summed E-state index contributed by atoms with van der Waals surface area (Å²) >= 11 is 0. The minimum absolute atomic E-state index is 0.173. The SMILES string of the molecule is N#C/C(=C/NC1CCCC1)C(=N)N. The van der Waals surface area contributed by atoms with Crippen molar-refractivity contribution >= 4 is 5.84 Å². The molecule has 1 saturated carbocycles. The van der Waals surface area contributed by atoms with E-state index in [0.29, 0.717) is 6.04 Å². The van der Waals surface area contributed by atoms with Crippen LogP contribution < -0.4 is 11.1 Å². The van der Waals surface area contributed by atoms with Crippen molar-refractivity contribution in [3.63, 3.8) is 0 Å². The van der Waals surface area contributed by atoms with Gasteiger partial charge in [-0.3, -0.25) is 5.41 Å². The summed E-state index contributed by atoms with van der Waals surface area (Å²) in [4.78, 5) is 0. The molecule has 0 aromatic rings. The van der Waals surface area contributed by atoms with Crippen molar-refractivity contribution < 1.29 is 0 Å². The lowest BCUT2D eigenvalue weighted by Gasteiger charge is -2.08. The number of nitrogens with zero attached hydrogens (tertiary/aromatic N) is 1. The molecule has 4 N–H and O–H groups in total. The number of hydrogen-bond donors (Lipinski definition) is 3. The molecular formula is C9H14N4. The highest BCUT2D eigenvalue weighted by Gasteiger charge is 2.13. The molecule has 0 amide bonds. The second kappa shape index (κ2) is 4.51. The van der Waals surface area contributed by atoms with Gasteiger partial charge in [-0.2, -0.15) is 5.26 Å². The van der Waals surface area contributed by atoms with Gasteiger partial charge in [-0.15, -0.1) is 0 Å². The molecular weight excluding hydrogens is 164 g/mol. The minimum Gasteiger partial charge on any atom is -0.387 e. The van der Waals surface area contributed by atoms with Crippen molar-refractivity contribution in [1.29, 1.82) is 10.7 Å². The smallest absolute Gasteiger partial charge is 0.135 e. The van der Waals surface area contributed by atoms with Crippen LogP contribution in [0.4, 0.5) is 0 Å². The Morgan fingerprint density at radius 3 is 2.62 bits per heavy atom. The molecule has 1 aliphatic carbocycles. The fourth-order valence-corrected chi connectivity index (χ4v) is 1.46. The van der Waals surface area contributed by atoms with Crippen LogP contribution in [0.3, 0.4) is 0 Å². The molecule has 0 saturated heterocycles. The maximum atomic E-state index is 8.59. The quantitative estimate of drug-likeness (QED) is 0.340. The van der Waals surface area contributed by atoms with Crippen LogP contribution in [0.1, 0.15) is 25.7 Å². The average molecular weight is 178 g/mol. The molecule has 1 fully saturated rings. The van der Waals surface area contributed by atoms with E-state index in [1.807, 2.05) is 6.07 Å². The Balaban J connectivity index is 2.45. The van der Waals surface area contributed by atoms with Crippen molar-refractivity contribution in [3.05, 3.63) is 11.8 Å². The number of hydrogen-bond acceptors (Lipinski definition) is 3. The summed E-state index contributed by atoms with van der Waals surface area (Å²) < 4.78 is 0. The first-order valence-electron chi connectivity index (χ1n) is 4.44. The van der Waals surface area contributed by atoms with E-state index in [9.17, 15) is 0 Å². The molecule has 0 aromatic carbocycles. The van der Waals surface area contributed by atoms with E-state index in [1.54, 1.807) is 6.20 Å². The molecule has 0 spiro atoms. The number of nitriles is 1. The molecule has 13 heavy (non-hydrogen) atoms. The highest BCUT2D eigenvalue weighted by Crippen LogP contribution is 2.17. The van der Waals surface area contributed by atoms with Gasteiger partial charge in [0.2, 0.25) is 0 Å². The predicted molar refractivity (Wildman–Crippen MR) is 51.0 cm³/mol. The summed E-state index contributed by atoms with van der Waals surface area (Å²) in [5.74, 6) is -0.173. The van der Waals surface area contributed by atoms with E-state index >= 15 is 0 Å². The predicted octanol–water partition coefficient (Wildman–Crippen LogP) is 0.862. The van der Waals surface area contributed by atoms with Gasteiger partial charge < -0.3 is 11.1 Å². The van der Waals surface area contributed by atoms with Gasteiger partial charge in [0.15, 0.2) is 0 Å². The highest BCUT2D eigenvalue weighted by atomic mass is 14.9. The normalized spacial score (nSPS) is 18.2. The average Bonchev–Trinajstić information content (AvgIpc) is 2.57. The van der Waals surface area contributed by atoms with Crippen molar-refractivity contribution in [2.75, 3.05) is 0 Å². The zero-order valence-electron chi connectivity index (χ0n) is 7.51. The van der Waals surface area contributed by atoms with Crippen LogP contribution in [-0.2, 0) is 0 Å². The molecule has 0 unspecified atom stereocenters. The van der Waals surface area contributed by atoms with E-state index in [0.717, 1.165) is 12.8 Å². The lowest BCUT2D eigenvalue weighted by molar-refractivity contribution is 0.607. The second-order valence-electron chi connectivity index (χ2n) is 3.23. The number of nitrogens with one attached hydrogen (secondary N) is 2. The Labute approximate surface area is 77.9 Å². The lowest BCUT2D eigenvalue weighted by Crippen LogP contribution is -2.23.